The van der Waals surface area contributed by atoms with E-state index in [9.17, 15) is 14.7 Å². The van der Waals surface area contributed by atoms with Gasteiger partial charge in [0.1, 0.15) is 11.6 Å². The molecule has 0 atom stereocenters. The fourth-order valence-electron chi connectivity index (χ4n) is 2.27. The fourth-order valence-corrected chi connectivity index (χ4v) is 2.27. The molecule has 5 heteroatoms. The highest BCUT2D eigenvalue weighted by Crippen LogP contribution is 2.18. The number of carboxylic acid groups (broad SMARTS) is 1. The predicted molar refractivity (Wildman–Crippen MR) is 73.2 cm³/mol. The molecule has 0 aliphatic carbocycles. The quantitative estimate of drug-likeness (QED) is 0.903. The molecule has 2 rings (SSSR count). The van der Waals surface area contributed by atoms with Gasteiger partial charge >= 0.3 is 5.97 Å². The van der Waals surface area contributed by atoms with E-state index < -0.39 is 11.5 Å². The first-order chi connectivity index (χ1) is 9.49. The Balaban J connectivity index is 2.97. The van der Waals surface area contributed by atoms with E-state index in [0.29, 0.717) is 11.4 Å². The van der Waals surface area contributed by atoms with E-state index in [1.807, 2.05) is 0 Å². The lowest BCUT2D eigenvalue weighted by Gasteiger charge is -2.15. The summed E-state index contributed by atoms with van der Waals surface area (Å²) in [4.78, 5) is 23.7. The van der Waals surface area contributed by atoms with Gasteiger partial charge < -0.3 is 5.11 Å². The molecule has 0 saturated carbocycles. The van der Waals surface area contributed by atoms with Crippen molar-refractivity contribution in [1.29, 1.82) is 5.26 Å². The average Bonchev–Trinajstić information content (AvgIpc) is 2.39. The molecule has 20 heavy (non-hydrogen) atoms. The number of para-hydroxylation sites is 1. The van der Waals surface area contributed by atoms with Crippen LogP contribution in [-0.4, -0.2) is 15.6 Å². The van der Waals surface area contributed by atoms with E-state index in [-0.39, 0.29) is 16.7 Å². The van der Waals surface area contributed by atoms with Crippen LogP contribution in [0, 0.1) is 25.2 Å². The zero-order valence-corrected chi connectivity index (χ0v) is 11.0. The van der Waals surface area contributed by atoms with Crippen LogP contribution in [0.1, 0.15) is 27.2 Å². The fraction of sp³-hybridized carbons (Fsp3) is 0.133. The van der Waals surface area contributed by atoms with Gasteiger partial charge in [-0.2, -0.15) is 5.26 Å². The Morgan fingerprint density at radius 2 is 1.85 bits per heavy atom. The van der Waals surface area contributed by atoms with Crippen LogP contribution in [0.4, 0.5) is 0 Å². The minimum atomic E-state index is -1.15. The van der Waals surface area contributed by atoms with Crippen LogP contribution in [0.3, 0.4) is 0 Å². The van der Waals surface area contributed by atoms with Crippen molar-refractivity contribution in [3.8, 4) is 11.8 Å². The standard InChI is InChI=1S/C15H12N2O3/c1-9-12(8-16)14(18)17(10(2)13(9)15(19)20)11-6-4-3-5-7-11/h3-7H,1-2H3,(H,19,20). The molecule has 1 heterocycles. The highest BCUT2D eigenvalue weighted by atomic mass is 16.4. The summed E-state index contributed by atoms with van der Waals surface area (Å²) in [7, 11) is 0. The van der Waals surface area contributed by atoms with Gasteiger partial charge in [-0.05, 0) is 31.5 Å². The van der Waals surface area contributed by atoms with E-state index in [0.717, 1.165) is 0 Å². The molecular weight excluding hydrogens is 256 g/mol. The number of aromatic carboxylic acids is 1. The van der Waals surface area contributed by atoms with Crippen LogP contribution >= 0.6 is 0 Å². The second-order valence-electron chi connectivity index (χ2n) is 4.35. The first-order valence-corrected chi connectivity index (χ1v) is 5.94. The Labute approximate surface area is 115 Å². The Morgan fingerprint density at radius 3 is 2.35 bits per heavy atom. The highest BCUT2D eigenvalue weighted by Gasteiger charge is 2.21. The van der Waals surface area contributed by atoms with E-state index in [4.69, 9.17) is 5.26 Å². The zero-order chi connectivity index (χ0) is 14.9. The number of pyridine rings is 1. The van der Waals surface area contributed by atoms with Crippen LogP contribution in [0.25, 0.3) is 5.69 Å². The van der Waals surface area contributed by atoms with Crippen molar-refractivity contribution < 1.29 is 9.90 Å². The lowest BCUT2D eigenvalue weighted by Crippen LogP contribution is -2.27. The number of carbonyl (C=O) groups is 1. The first-order valence-electron chi connectivity index (χ1n) is 5.94. The number of rotatable bonds is 2. The molecule has 1 aromatic carbocycles. The normalized spacial score (nSPS) is 10.1. The Kier molecular flexibility index (Phi) is 3.40. The third-order valence-electron chi connectivity index (χ3n) is 3.20. The second-order valence-corrected chi connectivity index (χ2v) is 4.35. The van der Waals surface area contributed by atoms with E-state index in [1.54, 1.807) is 43.3 Å². The second kappa shape index (κ2) is 5.02. The van der Waals surface area contributed by atoms with Gasteiger partial charge in [0.15, 0.2) is 0 Å². The number of carboxylic acids is 1. The Bertz CT molecular complexity index is 783. The summed E-state index contributed by atoms with van der Waals surface area (Å²) < 4.78 is 1.26. The summed E-state index contributed by atoms with van der Waals surface area (Å²) >= 11 is 0. The molecule has 1 N–H and O–H groups in total. The summed E-state index contributed by atoms with van der Waals surface area (Å²) in [5.41, 5.74) is 0.398. The van der Waals surface area contributed by atoms with Crippen molar-refractivity contribution >= 4 is 5.97 Å². The highest BCUT2D eigenvalue weighted by molar-refractivity contribution is 5.91. The number of nitrogens with zero attached hydrogens (tertiary/aromatic N) is 2. The SMILES string of the molecule is Cc1c(C(=O)O)c(C)n(-c2ccccc2)c(=O)c1C#N. The smallest absolute Gasteiger partial charge is 0.337 e. The molecule has 100 valence electrons. The van der Waals surface area contributed by atoms with Crippen LogP contribution in [0.5, 0.6) is 0 Å². The van der Waals surface area contributed by atoms with Gasteiger partial charge in [-0.25, -0.2) is 4.79 Å². The van der Waals surface area contributed by atoms with Crippen LogP contribution < -0.4 is 5.56 Å². The maximum atomic E-state index is 12.4. The molecular formula is C15H12N2O3. The van der Waals surface area contributed by atoms with Gasteiger partial charge in [0.2, 0.25) is 0 Å². The molecule has 0 saturated heterocycles. The minimum absolute atomic E-state index is 0.00926. The molecule has 0 unspecified atom stereocenters. The minimum Gasteiger partial charge on any atom is -0.478 e. The van der Waals surface area contributed by atoms with Crippen LogP contribution in [0.2, 0.25) is 0 Å². The van der Waals surface area contributed by atoms with Gasteiger partial charge in [0.25, 0.3) is 5.56 Å². The van der Waals surface area contributed by atoms with Gasteiger partial charge in [0, 0.05) is 11.4 Å². The summed E-state index contributed by atoms with van der Waals surface area (Å²) in [5, 5.41) is 18.4. The largest absolute Gasteiger partial charge is 0.478 e. The van der Waals surface area contributed by atoms with Crippen molar-refractivity contribution in [3.63, 3.8) is 0 Å². The number of benzene rings is 1. The van der Waals surface area contributed by atoms with Crippen molar-refractivity contribution in [2.24, 2.45) is 0 Å². The molecule has 5 nitrogen and oxygen atoms in total. The van der Waals surface area contributed by atoms with Crippen molar-refractivity contribution in [1.82, 2.24) is 4.57 Å². The third-order valence-corrected chi connectivity index (χ3v) is 3.20. The van der Waals surface area contributed by atoms with Crippen molar-refractivity contribution in [3.05, 3.63) is 63.1 Å². The zero-order valence-electron chi connectivity index (χ0n) is 11.0. The molecule has 0 spiro atoms. The molecule has 2 aromatic rings. The summed E-state index contributed by atoms with van der Waals surface area (Å²) in [5.74, 6) is -1.15. The number of hydrogen-bond donors (Lipinski definition) is 1. The van der Waals surface area contributed by atoms with Crippen LogP contribution in [0.15, 0.2) is 35.1 Å². The summed E-state index contributed by atoms with van der Waals surface area (Å²) in [6.45, 7) is 3.04. The molecule has 0 amide bonds. The van der Waals surface area contributed by atoms with E-state index in [2.05, 4.69) is 0 Å². The molecule has 0 aliphatic rings. The predicted octanol–water partition coefficient (Wildman–Crippen LogP) is 2.02. The molecule has 0 aliphatic heterocycles. The van der Waals surface area contributed by atoms with Gasteiger partial charge in [0.05, 0.1) is 5.56 Å². The van der Waals surface area contributed by atoms with Crippen molar-refractivity contribution in [2.75, 3.05) is 0 Å². The Hall–Kier alpha value is -2.87. The van der Waals surface area contributed by atoms with E-state index in [1.165, 1.54) is 11.5 Å². The van der Waals surface area contributed by atoms with Gasteiger partial charge in [-0.15, -0.1) is 0 Å². The van der Waals surface area contributed by atoms with Gasteiger partial charge in [-0.1, -0.05) is 18.2 Å². The van der Waals surface area contributed by atoms with Crippen LogP contribution in [-0.2, 0) is 0 Å². The van der Waals surface area contributed by atoms with E-state index >= 15 is 0 Å². The monoisotopic (exact) mass is 268 g/mol. The number of aromatic nitrogens is 1. The first kappa shape index (κ1) is 13.6. The maximum Gasteiger partial charge on any atom is 0.337 e. The average molecular weight is 268 g/mol. The molecule has 1 aromatic heterocycles. The summed E-state index contributed by atoms with van der Waals surface area (Å²) in [6, 6.07) is 10.5. The number of hydrogen-bond acceptors (Lipinski definition) is 3. The van der Waals surface area contributed by atoms with Gasteiger partial charge in [-0.3, -0.25) is 9.36 Å². The molecule has 0 radical (unpaired) electrons. The van der Waals surface area contributed by atoms with Crippen molar-refractivity contribution in [2.45, 2.75) is 13.8 Å². The number of nitriles is 1. The molecule has 0 fully saturated rings. The maximum absolute atomic E-state index is 12.4. The topological polar surface area (TPSA) is 83.1 Å². The lowest BCUT2D eigenvalue weighted by molar-refractivity contribution is 0.0694. The Morgan fingerprint density at radius 1 is 1.25 bits per heavy atom. The third kappa shape index (κ3) is 1.97. The molecule has 0 bridgehead atoms. The lowest BCUT2D eigenvalue weighted by atomic mass is 10.0. The summed E-state index contributed by atoms with van der Waals surface area (Å²) in [6.07, 6.45) is 0.